The lowest BCUT2D eigenvalue weighted by atomic mass is 10.5. The maximum absolute atomic E-state index is 11.2. The number of carbonyl (C=O) groups is 1. The predicted molar refractivity (Wildman–Crippen MR) is 47.4 cm³/mol. The highest BCUT2D eigenvalue weighted by atomic mass is 32.2. The zero-order valence-electron chi connectivity index (χ0n) is 7.19. The lowest BCUT2D eigenvalue weighted by Gasteiger charge is -1.97. The largest absolute Gasteiger partial charge is 0.468 e. The van der Waals surface area contributed by atoms with Gasteiger partial charge in [-0.25, -0.2) is 0 Å². The van der Waals surface area contributed by atoms with E-state index in [9.17, 15) is 9.00 Å². The predicted octanol–water partition coefficient (Wildman–Crippen LogP) is 0.701. The fourth-order valence-corrected chi connectivity index (χ4v) is 1.76. The lowest BCUT2D eigenvalue weighted by Crippen LogP contribution is -2.12. The molecule has 0 amide bonds. The smallest absolute Gasteiger partial charge is 0.318 e. The first-order valence-corrected chi connectivity index (χ1v) is 5.15. The Hall–Kier alpha value is -1.10. The Bertz CT molecular complexity index is 291. The number of methoxy groups -OCH3 is 1. The van der Waals surface area contributed by atoms with E-state index in [1.54, 1.807) is 12.1 Å². The fourth-order valence-electron chi connectivity index (χ4n) is 0.795. The van der Waals surface area contributed by atoms with Crippen LogP contribution in [0.1, 0.15) is 5.76 Å². The van der Waals surface area contributed by atoms with Crippen molar-refractivity contribution < 1.29 is 18.2 Å². The number of esters is 1. The minimum Gasteiger partial charge on any atom is -0.468 e. The Morgan fingerprint density at radius 1 is 1.69 bits per heavy atom. The van der Waals surface area contributed by atoms with Crippen molar-refractivity contribution >= 4 is 16.8 Å². The maximum atomic E-state index is 11.2. The van der Waals surface area contributed by atoms with Gasteiger partial charge in [-0.15, -0.1) is 0 Å². The van der Waals surface area contributed by atoms with Gasteiger partial charge in [0.1, 0.15) is 11.5 Å². The molecule has 1 heterocycles. The summed E-state index contributed by atoms with van der Waals surface area (Å²) in [6, 6.07) is 3.43. The first kappa shape index (κ1) is 9.98. The van der Waals surface area contributed by atoms with Gasteiger partial charge in [0.15, 0.2) is 0 Å². The number of hydrogen-bond donors (Lipinski definition) is 0. The molecule has 0 saturated carbocycles. The molecule has 0 aromatic carbocycles. The van der Waals surface area contributed by atoms with Crippen LogP contribution in [0.25, 0.3) is 0 Å². The summed E-state index contributed by atoms with van der Waals surface area (Å²) < 4.78 is 20.6. The summed E-state index contributed by atoms with van der Waals surface area (Å²) in [4.78, 5) is 10.7. The van der Waals surface area contributed by atoms with Crippen LogP contribution in [0.15, 0.2) is 22.8 Å². The van der Waals surface area contributed by atoms with Gasteiger partial charge in [0.2, 0.25) is 0 Å². The number of rotatable bonds is 4. The van der Waals surface area contributed by atoms with E-state index in [0.717, 1.165) is 0 Å². The molecule has 0 saturated heterocycles. The number of hydrogen-bond acceptors (Lipinski definition) is 4. The van der Waals surface area contributed by atoms with Gasteiger partial charge in [0.25, 0.3) is 0 Å². The summed E-state index contributed by atoms with van der Waals surface area (Å²) in [7, 11) is 0.0226. The average Bonchev–Trinajstić information content (AvgIpc) is 2.56. The van der Waals surface area contributed by atoms with Gasteiger partial charge >= 0.3 is 5.97 Å². The van der Waals surface area contributed by atoms with E-state index >= 15 is 0 Å². The molecule has 0 bridgehead atoms. The molecule has 0 aliphatic carbocycles. The Morgan fingerprint density at radius 3 is 3.00 bits per heavy atom. The Balaban J connectivity index is 2.38. The van der Waals surface area contributed by atoms with Crippen LogP contribution in [0.3, 0.4) is 0 Å². The molecule has 0 N–H and O–H groups in total. The third-order valence-corrected chi connectivity index (χ3v) is 2.55. The van der Waals surface area contributed by atoms with Gasteiger partial charge in [-0.05, 0) is 12.1 Å². The van der Waals surface area contributed by atoms with Crippen LogP contribution in [-0.4, -0.2) is 23.0 Å². The lowest BCUT2D eigenvalue weighted by molar-refractivity contribution is -0.137. The molecule has 13 heavy (non-hydrogen) atoms. The maximum Gasteiger partial charge on any atom is 0.318 e. The summed E-state index contributed by atoms with van der Waals surface area (Å²) in [5.74, 6) is 0.311. The van der Waals surface area contributed by atoms with Crippen LogP contribution < -0.4 is 0 Å². The highest BCUT2D eigenvalue weighted by Gasteiger charge is 2.09. The van der Waals surface area contributed by atoms with E-state index in [1.165, 1.54) is 13.4 Å². The van der Waals surface area contributed by atoms with E-state index in [0.29, 0.717) is 5.76 Å². The highest BCUT2D eigenvalue weighted by Crippen LogP contribution is 2.03. The van der Waals surface area contributed by atoms with Crippen LogP contribution >= 0.6 is 0 Å². The molecule has 72 valence electrons. The van der Waals surface area contributed by atoms with Crippen molar-refractivity contribution in [1.29, 1.82) is 0 Å². The van der Waals surface area contributed by atoms with Crippen LogP contribution in [0.5, 0.6) is 0 Å². The Kier molecular flexibility index (Phi) is 3.70. The van der Waals surface area contributed by atoms with Crippen molar-refractivity contribution in [3.63, 3.8) is 0 Å². The first-order valence-electron chi connectivity index (χ1n) is 3.66. The van der Waals surface area contributed by atoms with Crippen molar-refractivity contribution in [3.05, 3.63) is 24.2 Å². The third kappa shape index (κ3) is 3.42. The van der Waals surface area contributed by atoms with E-state index < -0.39 is 16.8 Å². The van der Waals surface area contributed by atoms with E-state index in [4.69, 9.17) is 4.42 Å². The second-order valence-corrected chi connectivity index (χ2v) is 3.84. The van der Waals surface area contributed by atoms with Crippen molar-refractivity contribution in [3.8, 4) is 0 Å². The van der Waals surface area contributed by atoms with Gasteiger partial charge in [-0.1, -0.05) is 0 Å². The summed E-state index contributed by atoms with van der Waals surface area (Å²) >= 11 is 0. The molecule has 1 atom stereocenters. The van der Waals surface area contributed by atoms with Crippen LogP contribution in [0.2, 0.25) is 0 Å². The molecule has 0 aliphatic heterocycles. The normalized spacial score (nSPS) is 12.4. The minimum absolute atomic E-state index is 0.0861. The summed E-state index contributed by atoms with van der Waals surface area (Å²) in [5, 5.41) is 0. The molecule has 1 aromatic rings. The summed E-state index contributed by atoms with van der Waals surface area (Å²) in [6.07, 6.45) is 1.50. The molecule has 4 nitrogen and oxygen atoms in total. The average molecular weight is 202 g/mol. The molecule has 1 rings (SSSR count). The standard InChI is InChI=1S/C8H10O4S/c1-11-8(9)6-13(10)5-7-3-2-4-12-7/h2-4H,5-6H2,1H3/t13-/m0/s1. The fraction of sp³-hybridized carbons (Fsp3) is 0.375. The molecular formula is C8H10O4S. The van der Waals surface area contributed by atoms with Crippen LogP contribution in [0.4, 0.5) is 0 Å². The summed E-state index contributed by atoms with van der Waals surface area (Å²) in [5.41, 5.74) is 0. The van der Waals surface area contributed by atoms with Gasteiger partial charge in [-0.3, -0.25) is 9.00 Å². The molecule has 0 unspecified atom stereocenters. The van der Waals surface area contributed by atoms with Gasteiger partial charge in [0.05, 0.1) is 19.1 Å². The van der Waals surface area contributed by atoms with Gasteiger partial charge < -0.3 is 9.15 Å². The quantitative estimate of drug-likeness (QED) is 0.674. The number of carbonyl (C=O) groups excluding carboxylic acids is 1. The highest BCUT2D eigenvalue weighted by molar-refractivity contribution is 7.84. The minimum atomic E-state index is -1.25. The van der Waals surface area contributed by atoms with E-state index in [-0.39, 0.29) is 11.5 Å². The second-order valence-electron chi connectivity index (χ2n) is 2.38. The Labute approximate surface area is 78.3 Å². The SMILES string of the molecule is COC(=O)C[S@@](=O)Cc1ccco1. The van der Waals surface area contributed by atoms with Crippen LogP contribution in [0, 0.1) is 0 Å². The Morgan fingerprint density at radius 2 is 2.46 bits per heavy atom. The third-order valence-electron chi connectivity index (χ3n) is 1.39. The molecule has 0 spiro atoms. The van der Waals surface area contributed by atoms with Crippen molar-refractivity contribution in [2.24, 2.45) is 0 Å². The van der Waals surface area contributed by atoms with Crippen molar-refractivity contribution in [1.82, 2.24) is 0 Å². The zero-order valence-corrected chi connectivity index (χ0v) is 8.00. The number of furan rings is 1. The summed E-state index contributed by atoms with van der Waals surface area (Å²) in [6.45, 7) is 0. The molecule has 0 fully saturated rings. The monoisotopic (exact) mass is 202 g/mol. The topological polar surface area (TPSA) is 56.5 Å². The van der Waals surface area contributed by atoms with Gasteiger partial charge in [0, 0.05) is 10.8 Å². The van der Waals surface area contributed by atoms with E-state index in [2.05, 4.69) is 4.74 Å². The molecule has 1 aromatic heterocycles. The van der Waals surface area contributed by atoms with Gasteiger partial charge in [-0.2, -0.15) is 0 Å². The molecular weight excluding hydrogens is 192 g/mol. The zero-order chi connectivity index (χ0) is 9.68. The number of ether oxygens (including phenoxy) is 1. The van der Waals surface area contributed by atoms with Crippen LogP contribution in [-0.2, 0) is 26.1 Å². The van der Waals surface area contributed by atoms with Crippen molar-refractivity contribution in [2.75, 3.05) is 12.9 Å². The first-order chi connectivity index (χ1) is 6.22. The molecule has 0 aliphatic rings. The molecule has 0 radical (unpaired) electrons. The molecule has 5 heteroatoms. The van der Waals surface area contributed by atoms with Crippen molar-refractivity contribution in [2.45, 2.75) is 5.75 Å². The van der Waals surface area contributed by atoms with E-state index in [1.807, 2.05) is 0 Å². The second kappa shape index (κ2) is 4.81.